The van der Waals surface area contributed by atoms with Crippen LogP contribution in [-0.2, 0) is 13.0 Å². The quantitative estimate of drug-likeness (QED) is 0.877. The van der Waals surface area contributed by atoms with Crippen molar-refractivity contribution in [2.24, 2.45) is 0 Å². The number of rotatable bonds is 6. The van der Waals surface area contributed by atoms with Crippen molar-refractivity contribution < 1.29 is 0 Å². The van der Waals surface area contributed by atoms with Crippen LogP contribution in [0.25, 0.3) is 10.6 Å². The van der Waals surface area contributed by atoms with Gasteiger partial charge in [-0.15, -0.1) is 11.3 Å². The molecule has 108 valence electrons. The van der Waals surface area contributed by atoms with Crippen molar-refractivity contribution in [2.45, 2.75) is 47.1 Å². The molecule has 2 heterocycles. The highest BCUT2D eigenvalue weighted by Crippen LogP contribution is 2.29. The van der Waals surface area contributed by atoms with E-state index in [4.69, 9.17) is 4.98 Å². The summed E-state index contributed by atoms with van der Waals surface area (Å²) in [6.07, 6.45) is 2.19. The van der Waals surface area contributed by atoms with Crippen LogP contribution in [0.2, 0.25) is 0 Å². The normalized spacial score (nSPS) is 11.0. The van der Waals surface area contributed by atoms with Gasteiger partial charge < -0.3 is 5.32 Å². The van der Waals surface area contributed by atoms with E-state index in [-0.39, 0.29) is 0 Å². The molecule has 2 aromatic rings. The number of nitrogens with one attached hydrogen (secondary N) is 1. The molecule has 0 saturated heterocycles. The van der Waals surface area contributed by atoms with E-state index in [1.807, 2.05) is 25.2 Å². The second-order valence-electron chi connectivity index (χ2n) is 5.06. The molecule has 0 aromatic carbocycles. The third kappa shape index (κ3) is 3.64. The van der Waals surface area contributed by atoms with Gasteiger partial charge in [0.2, 0.25) is 0 Å². The lowest BCUT2D eigenvalue weighted by molar-refractivity contribution is 0.723. The van der Waals surface area contributed by atoms with Crippen molar-refractivity contribution >= 4 is 11.3 Å². The Morgan fingerprint density at radius 3 is 2.40 bits per heavy atom. The summed E-state index contributed by atoms with van der Waals surface area (Å²) in [6, 6.07) is 4.25. The van der Waals surface area contributed by atoms with Crippen LogP contribution >= 0.6 is 11.3 Å². The third-order valence-corrected chi connectivity index (χ3v) is 4.28. The SMILES string of the molecule is CCCc1nc(-c2cc(C)nc(C)c2)sc1CNCC. The summed E-state index contributed by atoms with van der Waals surface area (Å²) in [4.78, 5) is 10.7. The van der Waals surface area contributed by atoms with Gasteiger partial charge in [0.05, 0.1) is 5.69 Å². The van der Waals surface area contributed by atoms with Crippen molar-refractivity contribution in [3.05, 3.63) is 34.1 Å². The molecule has 1 N–H and O–H groups in total. The molecule has 3 nitrogen and oxygen atoms in total. The lowest BCUT2D eigenvalue weighted by Gasteiger charge is -2.00. The predicted molar refractivity (Wildman–Crippen MR) is 86.2 cm³/mol. The maximum absolute atomic E-state index is 4.86. The molecular formula is C16H23N3S. The Hall–Kier alpha value is -1.26. The fourth-order valence-corrected chi connectivity index (χ4v) is 3.34. The minimum absolute atomic E-state index is 0.923. The summed E-state index contributed by atoms with van der Waals surface area (Å²) in [7, 11) is 0. The Morgan fingerprint density at radius 2 is 1.80 bits per heavy atom. The van der Waals surface area contributed by atoms with Crippen molar-refractivity contribution in [1.29, 1.82) is 0 Å². The molecule has 0 atom stereocenters. The lowest BCUT2D eigenvalue weighted by atomic mass is 10.2. The molecule has 0 spiro atoms. The molecule has 0 unspecified atom stereocenters. The first-order valence-electron chi connectivity index (χ1n) is 7.29. The van der Waals surface area contributed by atoms with Crippen LogP contribution in [0.4, 0.5) is 0 Å². The zero-order valence-corrected chi connectivity index (χ0v) is 13.6. The Kier molecular flexibility index (Phi) is 5.26. The lowest BCUT2D eigenvalue weighted by Crippen LogP contribution is -2.11. The van der Waals surface area contributed by atoms with Gasteiger partial charge in [-0.05, 0) is 38.9 Å². The standard InChI is InChI=1S/C16H23N3S/c1-5-7-14-15(10-17-6-2)20-16(19-14)13-8-11(3)18-12(4)9-13/h8-9,17H,5-7,10H2,1-4H3. The van der Waals surface area contributed by atoms with Gasteiger partial charge in [-0.3, -0.25) is 4.98 Å². The van der Waals surface area contributed by atoms with E-state index in [9.17, 15) is 0 Å². The number of aryl methyl sites for hydroxylation is 3. The predicted octanol–water partition coefficient (Wildman–Crippen LogP) is 3.88. The van der Waals surface area contributed by atoms with Crippen LogP contribution in [0.1, 0.15) is 42.2 Å². The largest absolute Gasteiger partial charge is 0.312 e. The van der Waals surface area contributed by atoms with Gasteiger partial charge in [0, 0.05) is 28.4 Å². The first kappa shape index (κ1) is 15.1. The van der Waals surface area contributed by atoms with Crippen molar-refractivity contribution in [1.82, 2.24) is 15.3 Å². The van der Waals surface area contributed by atoms with Crippen molar-refractivity contribution in [3.63, 3.8) is 0 Å². The first-order valence-corrected chi connectivity index (χ1v) is 8.10. The number of aromatic nitrogens is 2. The topological polar surface area (TPSA) is 37.8 Å². The molecule has 20 heavy (non-hydrogen) atoms. The van der Waals surface area contributed by atoms with Crippen LogP contribution in [0.15, 0.2) is 12.1 Å². The van der Waals surface area contributed by atoms with E-state index < -0.39 is 0 Å². The fraction of sp³-hybridized carbons (Fsp3) is 0.500. The average Bonchev–Trinajstić information content (AvgIpc) is 2.79. The van der Waals surface area contributed by atoms with Gasteiger partial charge in [0.1, 0.15) is 5.01 Å². The van der Waals surface area contributed by atoms with Gasteiger partial charge in [0.15, 0.2) is 0 Å². The Bertz CT molecular complexity index is 555. The average molecular weight is 289 g/mol. The fourth-order valence-electron chi connectivity index (χ4n) is 2.27. The third-order valence-electron chi connectivity index (χ3n) is 3.13. The highest BCUT2D eigenvalue weighted by Gasteiger charge is 2.12. The van der Waals surface area contributed by atoms with Crippen LogP contribution in [0, 0.1) is 13.8 Å². The summed E-state index contributed by atoms with van der Waals surface area (Å²) in [6.45, 7) is 10.3. The molecule has 4 heteroatoms. The molecule has 0 aliphatic heterocycles. The minimum Gasteiger partial charge on any atom is -0.312 e. The van der Waals surface area contributed by atoms with Gasteiger partial charge in [-0.25, -0.2) is 4.98 Å². The monoisotopic (exact) mass is 289 g/mol. The van der Waals surface area contributed by atoms with E-state index in [1.165, 1.54) is 16.1 Å². The zero-order valence-electron chi connectivity index (χ0n) is 12.8. The van der Waals surface area contributed by atoms with E-state index in [1.54, 1.807) is 0 Å². The molecule has 2 rings (SSSR count). The molecule has 0 bridgehead atoms. The van der Waals surface area contributed by atoms with Gasteiger partial charge in [-0.2, -0.15) is 0 Å². The first-order chi connectivity index (χ1) is 9.63. The Labute approximate surface area is 125 Å². The number of hydrogen-bond donors (Lipinski definition) is 1. The Morgan fingerprint density at radius 1 is 1.10 bits per heavy atom. The van der Waals surface area contributed by atoms with Crippen LogP contribution in [0.5, 0.6) is 0 Å². The number of pyridine rings is 1. The maximum Gasteiger partial charge on any atom is 0.124 e. The molecule has 0 aliphatic rings. The molecule has 0 fully saturated rings. The number of thiazole rings is 1. The Balaban J connectivity index is 2.35. The summed E-state index contributed by atoms with van der Waals surface area (Å²) < 4.78 is 0. The number of hydrogen-bond acceptors (Lipinski definition) is 4. The maximum atomic E-state index is 4.86. The molecular weight excluding hydrogens is 266 g/mol. The van der Waals surface area contributed by atoms with Gasteiger partial charge in [0.25, 0.3) is 0 Å². The molecule has 0 amide bonds. The van der Waals surface area contributed by atoms with Crippen LogP contribution in [0.3, 0.4) is 0 Å². The summed E-state index contributed by atoms with van der Waals surface area (Å²) in [5.41, 5.74) is 4.56. The minimum atomic E-state index is 0.923. The highest BCUT2D eigenvalue weighted by atomic mass is 32.1. The highest BCUT2D eigenvalue weighted by molar-refractivity contribution is 7.15. The van der Waals surface area contributed by atoms with E-state index in [0.29, 0.717) is 0 Å². The molecule has 0 aliphatic carbocycles. The smallest absolute Gasteiger partial charge is 0.124 e. The second kappa shape index (κ2) is 6.95. The van der Waals surface area contributed by atoms with E-state index >= 15 is 0 Å². The summed E-state index contributed by atoms with van der Waals surface area (Å²) in [5.74, 6) is 0. The van der Waals surface area contributed by atoms with Crippen LogP contribution in [-0.4, -0.2) is 16.5 Å². The van der Waals surface area contributed by atoms with Crippen molar-refractivity contribution in [3.8, 4) is 10.6 Å². The van der Waals surface area contributed by atoms with Gasteiger partial charge >= 0.3 is 0 Å². The van der Waals surface area contributed by atoms with E-state index in [2.05, 4.69) is 36.3 Å². The molecule has 2 aromatic heterocycles. The second-order valence-corrected chi connectivity index (χ2v) is 6.14. The summed E-state index contributed by atoms with van der Waals surface area (Å²) >= 11 is 1.81. The molecule has 0 radical (unpaired) electrons. The molecule has 0 saturated carbocycles. The van der Waals surface area contributed by atoms with Crippen molar-refractivity contribution in [2.75, 3.05) is 6.54 Å². The van der Waals surface area contributed by atoms with E-state index in [0.717, 1.165) is 42.3 Å². The zero-order chi connectivity index (χ0) is 14.5. The van der Waals surface area contributed by atoms with Gasteiger partial charge in [-0.1, -0.05) is 20.3 Å². The van der Waals surface area contributed by atoms with Crippen LogP contribution < -0.4 is 5.32 Å². The summed E-state index contributed by atoms with van der Waals surface area (Å²) in [5, 5.41) is 4.53. The number of nitrogens with zero attached hydrogens (tertiary/aromatic N) is 2.